The molecule has 0 aliphatic carbocycles. The van der Waals surface area contributed by atoms with E-state index in [4.69, 9.17) is 14.4 Å². The summed E-state index contributed by atoms with van der Waals surface area (Å²) < 4.78 is 4.87. The summed E-state index contributed by atoms with van der Waals surface area (Å²) in [6, 6.07) is 0. The molecule has 0 saturated carbocycles. The fourth-order valence-corrected chi connectivity index (χ4v) is 1.22. The Bertz CT molecular complexity index is 194. The molecule has 0 radical (unpaired) electrons. The van der Waals surface area contributed by atoms with E-state index < -0.39 is 5.54 Å². The topological polar surface area (TPSA) is 48.0 Å². The van der Waals surface area contributed by atoms with Crippen molar-refractivity contribution in [3.63, 3.8) is 0 Å². The van der Waals surface area contributed by atoms with Gasteiger partial charge in [0.25, 0.3) is 0 Å². The van der Waals surface area contributed by atoms with Gasteiger partial charge < -0.3 is 4.74 Å². The van der Waals surface area contributed by atoms with Crippen LogP contribution in [0.1, 0.15) is 34.1 Å². The summed E-state index contributed by atoms with van der Waals surface area (Å²) in [5, 5.41) is 1.32. The molecular formula is C10H21NO4. The lowest BCUT2D eigenvalue weighted by Gasteiger charge is -2.33. The molecule has 0 unspecified atom stereocenters. The molecule has 0 rings (SSSR count). The Balaban J connectivity index is 4.29. The molecule has 0 aliphatic rings. The minimum atomic E-state index is -0.545. The number of esters is 1. The number of hydroxylamine groups is 2. The molecule has 0 saturated heterocycles. The van der Waals surface area contributed by atoms with Gasteiger partial charge in [0.2, 0.25) is 0 Å². The van der Waals surface area contributed by atoms with Crippen LogP contribution in [0, 0.1) is 0 Å². The molecule has 90 valence electrons. The Hall–Kier alpha value is -0.650. The van der Waals surface area contributed by atoms with Gasteiger partial charge in [0, 0.05) is 0 Å². The van der Waals surface area contributed by atoms with E-state index in [-0.39, 0.29) is 12.4 Å². The van der Waals surface area contributed by atoms with Crippen molar-refractivity contribution >= 4 is 5.97 Å². The Labute approximate surface area is 91.2 Å². The van der Waals surface area contributed by atoms with Gasteiger partial charge in [0.1, 0.15) is 0 Å². The molecule has 0 aromatic rings. The van der Waals surface area contributed by atoms with Crippen LogP contribution < -0.4 is 0 Å². The average molecular weight is 219 g/mol. The van der Waals surface area contributed by atoms with Gasteiger partial charge >= 0.3 is 5.97 Å². The number of nitrogens with zero attached hydrogens (tertiary/aromatic N) is 1. The smallest absolute Gasteiger partial charge is 0.307 e. The van der Waals surface area contributed by atoms with E-state index >= 15 is 0 Å². The average Bonchev–Trinajstić information content (AvgIpc) is 2.13. The second kappa shape index (κ2) is 6.76. The molecule has 0 atom stereocenters. The summed E-state index contributed by atoms with van der Waals surface area (Å²) in [5.74, 6) is -0.260. The first-order chi connectivity index (χ1) is 6.97. The van der Waals surface area contributed by atoms with Crippen LogP contribution in [0.15, 0.2) is 0 Å². The van der Waals surface area contributed by atoms with Crippen molar-refractivity contribution in [2.24, 2.45) is 0 Å². The maximum atomic E-state index is 11.3. The van der Waals surface area contributed by atoms with Gasteiger partial charge in [0.05, 0.1) is 32.3 Å². The van der Waals surface area contributed by atoms with Gasteiger partial charge in [-0.2, -0.15) is 0 Å². The number of hydrogen-bond acceptors (Lipinski definition) is 5. The zero-order valence-corrected chi connectivity index (χ0v) is 10.2. The van der Waals surface area contributed by atoms with Crippen molar-refractivity contribution in [3.8, 4) is 0 Å². The minimum Gasteiger partial charge on any atom is -0.466 e. The lowest BCUT2D eigenvalue weighted by atomic mass is 10.0. The second-order valence-corrected chi connectivity index (χ2v) is 3.65. The summed E-state index contributed by atoms with van der Waals surface area (Å²) in [7, 11) is 1.50. The van der Waals surface area contributed by atoms with E-state index in [1.54, 1.807) is 6.92 Å². The van der Waals surface area contributed by atoms with Crippen molar-refractivity contribution in [1.82, 2.24) is 5.23 Å². The van der Waals surface area contributed by atoms with Gasteiger partial charge in [-0.25, -0.2) is 0 Å². The van der Waals surface area contributed by atoms with Crippen molar-refractivity contribution in [1.29, 1.82) is 0 Å². The first-order valence-corrected chi connectivity index (χ1v) is 5.10. The van der Waals surface area contributed by atoms with Gasteiger partial charge in [-0.15, -0.1) is 0 Å². The molecule has 0 fully saturated rings. The lowest BCUT2D eigenvalue weighted by molar-refractivity contribution is -0.395. The van der Waals surface area contributed by atoms with Crippen LogP contribution in [0.4, 0.5) is 0 Å². The molecule has 0 heterocycles. The molecule has 5 heteroatoms. The molecule has 0 aromatic heterocycles. The first-order valence-electron chi connectivity index (χ1n) is 5.10. The monoisotopic (exact) mass is 219 g/mol. The molecule has 0 amide bonds. The Morgan fingerprint density at radius 2 is 1.87 bits per heavy atom. The molecule has 0 bridgehead atoms. The molecule has 0 spiro atoms. The molecule has 0 aliphatic heterocycles. The summed E-state index contributed by atoms with van der Waals surface area (Å²) in [5.41, 5.74) is -0.545. The third-order valence-corrected chi connectivity index (χ3v) is 1.79. The van der Waals surface area contributed by atoms with E-state index in [2.05, 4.69) is 0 Å². The van der Waals surface area contributed by atoms with Crippen LogP contribution in [0.5, 0.6) is 0 Å². The van der Waals surface area contributed by atoms with E-state index in [0.29, 0.717) is 13.2 Å². The van der Waals surface area contributed by atoms with E-state index in [9.17, 15) is 4.79 Å². The normalized spacial score (nSPS) is 11.9. The zero-order valence-electron chi connectivity index (χ0n) is 10.2. The summed E-state index contributed by atoms with van der Waals surface area (Å²) >= 11 is 0. The lowest BCUT2D eigenvalue weighted by Crippen LogP contribution is -2.45. The van der Waals surface area contributed by atoms with Crippen LogP contribution in [-0.2, 0) is 19.2 Å². The number of hydrogen-bond donors (Lipinski definition) is 0. The third kappa shape index (κ3) is 5.11. The highest BCUT2D eigenvalue weighted by atomic mass is 16.9. The number of ether oxygens (including phenoxy) is 1. The maximum absolute atomic E-state index is 11.3. The van der Waals surface area contributed by atoms with E-state index in [0.717, 1.165) is 0 Å². The quantitative estimate of drug-likeness (QED) is 0.480. The Morgan fingerprint density at radius 1 is 1.27 bits per heavy atom. The molecule has 0 N–H and O–H groups in total. The molecular weight excluding hydrogens is 198 g/mol. The SMILES string of the molecule is CCOC(=O)CC(C)(C)N(OC)OCC. The first kappa shape index (κ1) is 14.3. The standard InChI is InChI=1S/C10H21NO4/c1-6-14-9(12)8-10(3,4)11(13-5)15-7-2/h6-8H2,1-5H3. The highest BCUT2D eigenvalue weighted by molar-refractivity contribution is 5.70. The number of rotatable bonds is 7. The molecule has 0 aromatic carbocycles. The van der Waals surface area contributed by atoms with Crippen LogP contribution in [0.3, 0.4) is 0 Å². The maximum Gasteiger partial charge on any atom is 0.307 e. The minimum absolute atomic E-state index is 0.217. The largest absolute Gasteiger partial charge is 0.466 e. The van der Waals surface area contributed by atoms with Crippen LogP contribution in [0.2, 0.25) is 0 Å². The third-order valence-electron chi connectivity index (χ3n) is 1.79. The Kier molecular flexibility index (Phi) is 6.47. The van der Waals surface area contributed by atoms with E-state index in [1.807, 2.05) is 20.8 Å². The van der Waals surface area contributed by atoms with Crippen molar-refractivity contribution in [2.45, 2.75) is 39.7 Å². The van der Waals surface area contributed by atoms with Gasteiger partial charge in [-0.1, -0.05) is 5.23 Å². The highest BCUT2D eigenvalue weighted by Crippen LogP contribution is 2.19. The predicted octanol–water partition coefficient (Wildman–Crippen LogP) is 1.53. The molecule has 5 nitrogen and oxygen atoms in total. The number of carbonyl (C=O) groups excluding carboxylic acids is 1. The fraction of sp³-hybridized carbons (Fsp3) is 0.900. The Morgan fingerprint density at radius 3 is 2.27 bits per heavy atom. The predicted molar refractivity (Wildman–Crippen MR) is 55.8 cm³/mol. The van der Waals surface area contributed by atoms with Crippen molar-refractivity contribution < 1.29 is 19.2 Å². The van der Waals surface area contributed by atoms with E-state index in [1.165, 1.54) is 12.3 Å². The van der Waals surface area contributed by atoms with Crippen molar-refractivity contribution in [2.75, 3.05) is 20.3 Å². The van der Waals surface area contributed by atoms with Crippen LogP contribution >= 0.6 is 0 Å². The fourth-order valence-electron chi connectivity index (χ4n) is 1.22. The van der Waals surface area contributed by atoms with Gasteiger partial charge in [-0.05, 0) is 27.7 Å². The van der Waals surface area contributed by atoms with Crippen molar-refractivity contribution in [3.05, 3.63) is 0 Å². The number of carbonyl (C=O) groups is 1. The summed E-state index contributed by atoms with van der Waals surface area (Å²) in [4.78, 5) is 21.6. The van der Waals surface area contributed by atoms with Crippen LogP contribution in [0.25, 0.3) is 0 Å². The summed E-state index contributed by atoms with van der Waals surface area (Å²) in [6.45, 7) is 8.21. The molecule has 15 heavy (non-hydrogen) atoms. The highest BCUT2D eigenvalue weighted by Gasteiger charge is 2.31. The zero-order chi connectivity index (χ0) is 11.9. The van der Waals surface area contributed by atoms with Gasteiger partial charge in [0.15, 0.2) is 0 Å². The van der Waals surface area contributed by atoms with Gasteiger partial charge in [-0.3, -0.25) is 14.5 Å². The summed E-state index contributed by atoms with van der Waals surface area (Å²) in [6.07, 6.45) is 0.217. The second-order valence-electron chi connectivity index (χ2n) is 3.65. The van der Waals surface area contributed by atoms with Crippen LogP contribution in [-0.4, -0.2) is 37.1 Å².